The zero-order valence-corrected chi connectivity index (χ0v) is 12.7. The Labute approximate surface area is 117 Å². The fourth-order valence-electron chi connectivity index (χ4n) is 2.36. The van der Waals surface area contributed by atoms with Crippen LogP contribution in [0.2, 0.25) is 0 Å². The molecule has 1 aliphatic heterocycles. The predicted molar refractivity (Wildman–Crippen MR) is 74.8 cm³/mol. The molecule has 1 aliphatic rings. The van der Waals surface area contributed by atoms with E-state index in [1.54, 1.807) is 25.6 Å². The summed E-state index contributed by atoms with van der Waals surface area (Å²) in [5.74, 6) is 2.67. The first-order valence-corrected chi connectivity index (χ1v) is 8.89. The standard InChI is InChI=1S/C12H19NO4S2/c1-8-11(6-14)12(9(2)17-8)19(15,16)13-10-4-3-5-18-7-10/h10,13-14H,3-7H2,1-2H3. The quantitative estimate of drug-likeness (QED) is 0.882. The molecule has 7 heteroatoms. The van der Waals surface area contributed by atoms with Crippen molar-refractivity contribution in [2.24, 2.45) is 0 Å². The summed E-state index contributed by atoms with van der Waals surface area (Å²) in [5, 5.41) is 9.33. The number of nitrogens with one attached hydrogen (secondary N) is 1. The predicted octanol–water partition coefficient (Wildman–Crippen LogP) is 1.56. The second-order valence-corrected chi connectivity index (χ2v) is 7.52. The second kappa shape index (κ2) is 5.87. The lowest BCUT2D eigenvalue weighted by molar-refractivity contribution is 0.276. The maximum Gasteiger partial charge on any atom is 0.244 e. The first-order valence-electron chi connectivity index (χ1n) is 6.25. The minimum absolute atomic E-state index is 0.0371. The van der Waals surface area contributed by atoms with Gasteiger partial charge in [0.15, 0.2) is 0 Å². The lowest BCUT2D eigenvalue weighted by Gasteiger charge is -2.22. The summed E-state index contributed by atoms with van der Waals surface area (Å²) in [6.07, 6.45) is 1.88. The highest BCUT2D eigenvalue weighted by atomic mass is 32.2. The fraction of sp³-hybridized carbons (Fsp3) is 0.667. The zero-order valence-electron chi connectivity index (χ0n) is 11.1. The molecule has 0 bridgehead atoms. The van der Waals surface area contributed by atoms with Crippen LogP contribution < -0.4 is 4.72 Å². The molecule has 2 heterocycles. The van der Waals surface area contributed by atoms with Gasteiger partial charge >= 0.3 is 0 Å². The number of hydrogen-bond donors (Lipinski definition) is 2. The largest absolute Gasteiger partial charge is 0.465 e. The summed E-state index contributed by atoms with van der Waals surface area (Å²) < 4.78 is 32.9. The van der Waals surface area contributed by atoms with Gasteiger partial charge in [-0.1, -0.05) is 0 Å². The van der Waals surface area contributed by atoms with Crippen molar-refractivity contribution in [3.05, 3.63) is 17.1 Å². The monoisotopic (exact) mass is 305 g/mol. The van der Waals surface area contributed by atoms with Gasteiger partial charge in [-0.25, -0.2) is 13.1 Å². The van der Waals surface area contributed by atoms with Crippen LogP contribution in [-0.2, 0) is 16.6 Å². The molecule has 2 N–H and O–H groups in total. The molecule has 19 heavy (non-hydrogen) atoms. The van der Waals surface area contributed by atoms with Crippen LogP contribution in [0.15, 0.2) is 9.31 Å². The Balaban J connectivity index is 2.28. The van der Waals surface area contributed by atoms with Crippen LogP contribution in [0.5, 0.6) is 0 Å². The minimum atomic E-state index is -3.63. The maximum atomic E-state index is 12.4. The van der Waals surface area contributed by atoms with E-state index in [2.05, 4.69) is 4.72 Å². The molecule has 108 valence electrons. The molecular weight excluding hydrogens is 286 g/mol. The van der Waals surface area contributed by atoms with Crippen LogP contribution >= 0.6 is 11.8 Å². The van der Waals surface area contributed by atoms with E-state index in [9.17, 15) is 13.5 Å². The Kier molecular flexibility index (Phi) is 4.60. The number of thioether (sulfide) groups is 1. The van der Waals surface area contributed by atoms with Gasteiger partial charge in [0.2, 0.25) is 10.0 Å². The molecular formula is C12H19NO4S2. The number of hydrogen-bond acceptors (Lipinski definition) is 5. The SMILES string of the molecule is Cc1oc(C)c(S(=O)(=O)NC2CCCSC2)c1CO. The summed E-state index contributed by atoms with van der Waals surface area (Å²) in [6.45, 7) is 2.93. The molecule has 5 nitrogen and oxygen atoms in total. The van der Waals surface area contributed by atoms with E-state index in [0.29, 0.717) is 17.1 Å². The van der Waals surface area contributed by atoms with Crippen LogP contribution in [0.3, 0.4) is 0 Å². The molecule has 2 rings (SSSR count). The van der Waals surface area contributed by atoms with Crippen LogP contribution in [0.25, 0.3) is 0 Å². The van der Waals surface area contributed by atoms with Crippen LogP contribution in [0.4, 0.5) is 0 Å². The van der Waals surface area contributed by atoms with E-state index in [0.717, 1.165) is 24.3 Å². The fourth-order valence-corrected chi connectivity index (χ4v) is 5.24. The van der Waals surface area contributed by atoms with Crippen LogP contribution in [0, 0.1) is 13.8 Å². The highest BCUT2D eigenvalue weighted by Gasteiger charge is 2.29. The normalized spacial score (nSPS) is 20.7. The number of sulfonamides is 1. The summed E-state index contributed by atoms with van der Waals surface area (Å²) >= 11 is 1.76. The summed E-state index contributed by atoms with van der Waals surface area (Å²) in [4.78, 5) is 0.100. The number of aryl methyl sites for hydroxylation is 2. The van der Waals surface area contributed by atoms with Crippen molar-refractivity contribution < 1.29 is 17.9 Å². The first-order chi connectivity index (χ1) is 8.95. The Morgan fingerprint density at radius 3 is 2.74 bits per heavy atom. The molecule has 1 atom stereocenters. The molecule has 1 aromatic heterocycles. The summed E-state index contributed by atoms with van der Waals surface area (Å²) in [5.41, 5.74) is 0.355. The van der Waals surface area contributed by atoms with E-state index < -0.39 is 10.0 Å². The highest BCUT2D eigenvalue weighted by molar-refractivity contribution is 7.99. The molecule has 1 unspecified atom stereocenters. The van der Waals surface area contributed by atoms with E-state index in [-0.39, 0.29) is 17.5 Å². The Morgan fingerprint density at radius 2 is 2.16 bits per heavy atom. The average molecular weight is 305 g/mol. The van der Waals surface area contributed by atoms with Gasteiger partial charge in [-0.3, -0.25) is 0 Å². The van der Waals surface area contributed by atoms with Gasteiger partial charge in [-0.2, -0.15) is 11.8 Å². The van der Waals surface area contributed by atoms with Crippen LogP contribution in [0.1, 0.15) is 29.9 Å². The van der Waals surface area contributed by atoms with Gasteiger partial charge in [0.25, 0.3) is 0 Å². The summed E-state index contributed by atoms with van der Waals surface area (Å²) in [6, 6.07) is -0.0371. The topological polar surface area (TPSA) is 79.5 Å². The summed E-state index contributed by atoms with van der Waals surface area (Å²) in [7, 11) is -3.63. The van der Waals surface area contributed by atoms with Crippen LogP contribution in [-0.4, -0.2) is 31.1 Å². The maximum absolute atomic E-state index is 12.4. The smallest absolute Gasteiger partial charge is 0.244 e. The molecule has 1 fully saturated rings. The Bertz CT molecular complexity index is 544. The first kappa shape index (κ1) is 14.9. The molecule has 0 amide bonds. The van der Waals surface area contributed by atoms with Crippen molar-refractivity contribution in [2.45, 2.75) is 44.2 Å². The van der Waals surface area contributed by atoms with Gasteiger partial charge in [0, 0.05) is 17.4 Å². The number of rotatable bonds is 4. The molecule has 0 radical (unpaired) electrons. The van der Waals surface area contributed by atoms with Gasteiger partial charge < -0.3 is 9.52 Å². The molecule has 0 spiro atoms. The lowest BCUT2D eigenvalue weighted by atomic mass is 10.2. The van der Waals surface area contributed by atoms with Gasteiger partial charge in [0.1, 0.15) is 16.4 Å². The van der Waals surface area contributed by atoms with Crippen molar-refractivity contribution in [3.63, 3.8) is 0 Å². The highest BCUT2D eigenvalue weighted by Crippen LogP contribution is 2.27. The lowest BCUT2D eigenvalue weighted by Crippen LogP contribution is -2.38. The van der Waals surface area contributed by atoms with Crippen molar-refractivity contribution in [2.75, 3.05) is 11.5 Å². The van der Waals surface area contributed by atoms with Gasteiger partial charge in [-0.05, 0) is 32.4 Å². The molecule has 1 saturated heterocycles. The van der Waals surface area contributed by atoms with E-state index >= 15 is 0 Å². The third-order valence-corrected chi connectivity index (χ3v) is 6.16. The number of aliphatic hydroxyl groups is 1. The zero-order chi connectivity index (χ0) is 14.0. The van der Waals surface area contributed by atoms with Gasteiger partial charge in [-0.15, -0.1) is 0 Å². The van der Waals surface area contributed by atoms with E-state index in [4.69, 9.17) is 4.42 Å². The van der Waals surface area contributed by atoms with E-state index in [1.165, 1.54) is 0 Å². The molecule has 0 saturated carbocycles. The third-order valence-electron chi connectivity index (χ3n) is 3.23. The third kappa shape index (κ3) is 3.16. The number of aliphatic hydroxyl groups excluding tert-OH is 1. The Hall–Kier alpha value is -0.500. The second-order valence-electron chi connectivity index (χ2n) is 4.72. The van der Waals surface area contributed by atoms with Crippen molar-refractivity contribution >= 4 is 21.8 Å². The van der Waals surface area contributed by atoms with Crippen molar-refractivity contribution in [1.29, 1.82) is 0 Å². The van der Waals surface area contributed by atoms with Gasteiger partial charge in [0.05, 0.1) is 6.61 Å². The molecule has 1 aromatic rings. The molecule has 0 aromatic carbocycles. The average Bonchev–Trinajstić information content (AvgIpc) is 2.64. The Morgan fingerprint density at radius 1 is 1.42 bits per heavy atom. The van der Waals surface area contributed by atoms with Crippen molar-refractivity contribution in [1.82, 2.24) is 4.72 Å². The van der Waals surface area contributed by atoms with E-state index in [1.807, 2.05) is 0 Å². The minimum Gasteiger partial charge on any atom is -0.465 e. The number of furan rings is 1. The molecule has 0 aliphatic carbocycles. The van der Waals surface area contributed by atoms with Crippen molar-refractivity contribution in [3.8, 4) is 0 Å².